The van der Waals surface area contributed by atoms with Gasteiger partial charge >= 0.3 is 5.97 Å². The van der Waals surface area contributed by atoms with Gasteiger partial charge in [-0.25, -0.2) is 9.79 Å². The zero-order chi connectivity index (χ0) is 25.6. The highest BCUT2D eigenvalue weighted by Gasteiger charge is 2.42. The summed E-state index contributed by atoms with van der Waals surface area (Å²) in [6.07, 6.45) is 0.166. The van der Waals surface area contributed by atoms with Gasteiger partial charge in [0.2, 0.25) is 5.91 Å². The van der Waals surface area contributed by atoms with Crippen molar-refractivity contribution in [3.05, 3.63) is 124 Å². The largest absolute Gasteiger partial charge is 0.463 e. The van der Waals surface area contributed by atoms with Crippen LogP contribution in [0.5, 0.6) is 0 Å². The number of aliphatic imine (C=N–C) groups is 1. The first-order valence-corrected chi connectivity index (χ1v) is 13.1. The molecule has 2 heterocycles. The van der Waals surface area contributed by atoms with Gasteiger partial charge in [0, 0.05) is 17.8 Å². The van der Waals surface area contributed by atoms with Crippen LogP contribution in [-0.2, 0) is 20.9 Å². The van der Waals surface area contributed by atoms with E-state index in [2.05, 4.69) is 5.32 Å². The first-order chi connectivity index (χ1) is 18.2. The molecule has 37 heavy (non-hydrogen) atoms. The van der Waals surface area contributed by atoms with Crippen molar-refractivity contribution in [2.75, 3.05) is 6.61 Å². The number of hydrogen-bond donors (Lipinski definition) is 1. The second kappa shape index (κ2) is 11.3. The minimum atomic E-state index is -0.480. The van der Waals surface area contributed by atoms with Crippen molar-refractivity contribution in [1.82, 2.24) is 10.2 Å². The van der Waals surface area contributed by atoms with Crippen LogP contribution >= 0.6 is 11.8 Å². The molecule has 7 heteroatoms. The van der Waals surface area contributed by atoms with Crippen LogP contribution < -0.4 is 5.32 Å². The summed E-state index contributed by atoms with van der Waals surface area (Å²) < 4.78 is 5.54. The van der Waals surface area contributed by atoms with Crippen molar-refractivity contribution in [3.8, 4) is 0 Å². The van der Waals surface area contributed by atoms with Crippen molar-refractivity contribution in [1.29, 1.82) is 0 Å². The van der Waals surface area contributed by atoms with E-state index < -0.39 is 12.0 Å². The van der Waals surface area contributed by atoms with Crippen molar-refractivity contribution in [2.24, 2.45) is 4.99 Å². The van der Waals surface area contributed by atoms with Crippen molar-refractivity contribution < 1.29 is 14.3 Å². The lowest BCUT2D eigenvalue weighted by molar-refractivity contribution is -0.139. The van der Waals surface area contributed by atoms with E-state index in [0.717, 1.165) is 27.6 Å². The lowest BCUT2D eigenvalue weighted by atomic mass is 9.91. The first-order valence-electron chi connectivity index (χ1n) is 12.2. The van der Waals surface area contributed by atoms with Crippen molar-refractivity contribution in [2.45, 2.75) is 25.9 Å². The van der Waals surface area contributed by atoms with Gasteiger partial charge in [0.25, 0.3) is 0 Å². The lowest BCUT2D eigenvalue weighted by Gasteiger charge is -2.36. The smallest absolute Gasteiger partial charge is 0.338 e. The van der Waals surface area contributed by atoms with E-state index in [1.807, 2.05) is 101 Å². The number of carbonyl (C=O) groups excluding carboxylic acids is 2. The maximum absolute atomic E-state index is 13.5. The van der Waals surface area contributed by atoms with Gasteiger partial charge in [-0.2, -0.15) is 0 Å². The molecule has 6 nitrogen and oxygen atoms in total. The van der Waals surface area contributed by atoms with E-state index in [-0.39, 0.29) is 18.9 Å². The van der Waals surface area contributed by atoms with Gasteiger partial charge in [-0.05, 0) is 23.5 Å². The number of rotatable bonds is 8. The fourth-order valence-corrected chi connectivity index (χ4v) is 5.38. The Balaban J connectivity index is 1.51. The number of nitrogens with one attached hydrogen (secondary N) is 1. The summed E-state index contributed by atoms with van der Waals surface area (Å²) in [6, 6.07) is 28.8. The van der Waals surface area contributed by atoms with Crippen LogP contribution in [0.15, 0.2) is 113 Å². The summed E-state index contributed by atoms with van der Waals surface area (Å²) in [5, 5.41) is 5.69. The van der Waals surface area contributed by atoms with E-state index in [9.17, 15) is 9.59 Å². The highest BCUT2D eigenvalue weighted by molar-refractivity contribution is 8.16. The molecule has 1 amide bonds. The third kappa shape index (κ3) is 5.37. The summed E-state index contributed by atoms with van der Waals surface area (Å²) in [5.74, 6) is -0.512. The molecule has 3 aromatic carbocycles. The zero-order valence-corrected chi connectivity index (χ0v) is 21.3. The molecule has 186 valence electrons. The van der Waals surface area contributed by atoms with E-state index in [1.54, 1.807) is 6.92 Å². The van der Waals surface area contributed by atoms with Gasteiger partial charge in [0.1, 0.15) is 0 Å². The average molecular weight is 510 g/mol. The SMILES string of the molecule is CCOC(=O)C1=C(c2ccccc2)N=C2SC=C(CC(=O)NCc3ccccc3)N2C1c1ccccc1. The van der Waals surface area contributed by atoms with Crippen LogP contribution in [0.25, 0.3) is 5.70 Å². The molecule has 0 saturated heterocycles. The number of amidine groups is 1. The Kier molecular flexibility index (Phi) is 7.51. The molecule has 0 aliphatic carbocycles. The Morgan fingerprint density at radius 2 is 1.59 bits per heavy atom. The fraction of sp³-hybridized carbons (Fsp3) is 0.167. The first kappa shape index (κ1) is 24.6. The number of carbonyl (C=O) groups is 2. The van der Waals surface area contributed by atoms with E-state index in [4.69, 9.17) is 9.73 Å². The standard InChI is InChI=1S/C30H27N3O3S/c1-2-36-29(35)26-27(22-14-8-4-9-15-22)32-30-33(28(26)23-16-10-5-11-17-23)24(20-37-30)18-25(34)31-19-21-12-6-3-7-13-21/h3-17,20,28H,2,18-19H2,1H3,(H,31,34). The molecule has 0 radical (unpaired) electrons. The van der Waals surface area contributed by atoms with Gasteiger partial charge < -0.3 is 15.0 Å². The molecule has 0 fully saturated rings. The minimum Gasteiger partial charge on any atom is -0.463 e. The maximum atomic E-state index is 13.5. The molecule has 0 saturated carbocycles. The predicted molar refractivity (Wildman–Crippen MR) is 147 cm³/mol. The molecule has 1 N–H and O–H groups in total. The normalized spacial score (nSPS) is 16.6. The number of benzene rings is 3. The van der Waals surface area contributed by atoms with Crippen LogP contribution in [0.4, 0.5) is 0 Å². The molecule has 1 atom stereocenters. The van der Waals surface area contributed by atoms with Crippen LogP contribution in [0.2, 0.25) is 0 Å². The molecule has 0 aromatic heterocycles. The Hall–Kier alpha value is -4.10. The highest BCUT2D eigenvalue weighted by atomic mass is 32.2. The summed E-state index contributed by atoms with van der Waals surface area (Å²) in [4.78, 5) is 33.4. The number of thioether (sulfide) groups is 1. The number of fused-ring (bicyclic) bond motifs is 1. The van der Waals surface area contributed by atoms with Crippen molar-refractivity contribution >= 4 is 34.5 Å². The topological polar surface area (TPSA) is 71.0 Å². The quantitative estimate of drug-likeness (QED) is 0.396. The van der Waals surface area contributed by atoms with E-state index in [1.165, 1.54) is 11.8 Å². The monoisotopic (exact) mass is 509 g/mol. The number of hydrogen-bond acceptors (Lipinski definition) is 6. The van der Waals surface area contributed by atoms with Crippen LogP contribution in [0, 0.1) is 0 Å². The molecule has 2 aliphatic rings. The van der Waals surface area contributed by atoms with E-state index in [0.29, 0.717) is 17.8 Å². The zero-order valence-electron chi connectivity index (χ0n) is 20.5. The number of esters is 1. The molecule has 2 aliphatic heterocycles. The summed E-state index contributed by atoms with van der Waals surface area (Å²) in [6.45, 7) is 2.50. The molecular formula is C30H27N3O3S. The van der Waals surface area contributed by atoms with Gasteiger partial charge in [0.15, 0.2) is 5.17 Å². The maximum Gasteiger partial charge on any atom is 0.338 e. The van der Waals surface area contributed by atoms with Crippen molar-refractivity contribution in [3.63, 3.8) is 0 Å². The molecule has 0 spiro atoms. The van der Waals surface area contributed by atoms with Crippen LogP contribution in [0.1, 0.15) is 36.1 Å². The lowest BCUT2D eigenvalue weighted by Crippen LogP contribution is -2.38. The number of nitrogens with zero attached hydrogens (tertiary/aromatic N) is 2. The Bertz CT molecular complexity index is 1370. The Labute approximate surface area is 220 Å². The van der Waals surface area contributed by atoms with Gasteiger partial charge in [-0.1, -0.05) is 103 Å². The Morgan fingerprint density at radius 3 is 2.27 bits per heavy atom. The second-order valence-corrected chi connectivity index (χ2v) is 9.43. The average Bonchev–Trinajstić information content (AvgIpc) is 3.34. The third-order valence-corrected chi connectivity index (χ3v) is 7.03. The van der Waals surface area contributed by atoms with Gasteiger partial charge in [0.05, 0.1) is 30.3 Å². The highest BCUT2D eigenvalue weighted by Crippen LogP contribution is 2.46. The Morgan fingerprint density at radius 1 is 0.946 bits per heavy atom. The summed E-state index contributed by atoms with van der Waals surface area (Å²) in [5.41, 5.74) is 4.64. The molecule has 0 bridgehead atoms. The van der Waals surface area contributed by atoms with Gasteiger partial charge in [-0.3, -0.25) is 4.79 Å². The second-order valence-electron chi connectivity index (χ2n) is 8.59. The summed E-state index contributed by atoms with van der Waals surface area (Å²) in [7, 11) is 0. The summed E-state index contributed by atoms with van der Waals surface area (Å²) >= 11 is 1.46. The molecular weight excluding hydrogens is 482 g/mol. The van der Waals surface area contributed by atoms with E-state index >= 15 is 0 Å². The minimum absolute atomic E-state index is 0.0979. The number of ether oxygens (including phenoxy) is 1. The fourth-order valence-electron chi connectivity index (χ4n) is 4.46. The van der Waals surface area contributed by atoms with Crippen LogP contribution in [-0.4, -0.2) is 28.6 Å². The molecule has 1 unspecified atom stereocenters. The third-order valence-electron chi connectivity index (χ3n) is 6.14. The number of amides is 1. The van der Waals surface area contributed by atoms with Gasteiger partial charge in [-0.15, -0.1) is 0 Å². The predicted octanol–water partition coefficient (Wildman–Crippen LogP) is 5.67. The van der Waals surface area contributed by atoms with Crippen LogP contribution in [0.3, 0.4) is 0 Å². The molecule has 5 rings (SSSR count). The molecule has 3 aromatic rings.